The third kappa shape index (κ3) is 4.11. The number of piperidine rings is 1. The molecule has 1 aromatic carbocycles. The summed E-state index contributed by atoms with van der Waals surface area (Å²) in [4.78, 5) is 8.50. The molecule has 1 fully saturated rings. The number of rotatable bonds is 4. The minimum atomic E-state index is -3.61. The highest BCUT2D eigenvalue weighted by molar-refractivity contribution is 7.89. The summed E-state index contributed by atoms with van der Waals surface area (Å²) in [6.07, 6.45) is 2.90. The number of ether oxygens (including phenoxy) is 1. The van der Waals surface area contributed by atoms with Gasteiger partial charge in [0.25, 0.3) is 0 Å². The lowest BCUT2D eigenvalue weighted by Crippen LogP contribution is -2.44. The number of aryl methyl sites for hydroxylation is 2. The van der Waals surface area contributed by atoms with Gasteiger partial charge in [0.2, 0.25) is 15.9 Å². The summed E-state index contributed by atoms with van der Waals surface area (Å²) in [5.41, 5.74) is 0.680. The Bertz CT molecular complexity index is 873. The minimum Gasteiger partial charge on any atom is -0.473 e. The summed E-state index contributed by atoms with van der Waals surface area (Å²) in [6.45, 7) is 4.31. The van der Waals surface area contributed by atoms with Crippen molar-refractivity contribution in [2.24, 2.45) is 0 Å². The molecule has 2 aromatic rings. The van der Waals surface area contributed by atoms with Crippen molar-refractivity contribution in [3.8, 4) is 5.88 Å². The van der Waals surface area contributed by atoms with E-state index in [2.05, 4.69) is 9.97 Å². The van der Waals surface area contributed by atoms with Crippen molar-refractivity contribution in [1.29, 1.82) is 0 Å². The summed E-state index contributed by atoms with van der Waals surface area (Å²) in [5, 5.41) is 0.408. The van der Waals surface area contributed by atoms with Crippen molar-refractivity contribution >= 4 is 21.6 Å². The monoisotopic (exact) mass is 381 g/mol. The predicted octanol–water partition coefficient (Wildman–Crippen LogP) is 2.98. The number of hydrogen-bond acceptors (Lipinski definition) is 5. The number of sulfonamides is 1. The topological polar surface area (TPSA) is 72.4 Å². The van der Waals surface area contributed by atoms with Crippen molar-refractivity contribution in [1.82, 2.24) is 14.3 Å². The van der Waals surface area contributed by atoms with Gasteiger partial charge in [0.1, 0.15) is 11.9 Å². The van der Waals surface area contributed by atoms with Gasteiger partial charge in [0.05, 0.1) is 11.4 Å². The van der Waals surface area contributed by atoms with E-state index in [1.807, 2.05) is 0 Å². The van der Waals surface area contributed by atoms with E-state index in [1.54, 1.807) is 38.2 Å². The first-order valence-electron chi connectivity index (χ1n) is 8.09. The van der Waals surface area contributed by atoms with Crippen LogP contribution < -0.4 is 4.74 Å². The van der Waals surface area contributed by atoms with Crippen molar-refractivity contribution < 1.29 is 13.2 Å². The summed E-state index contributed by atoms with van der Waals surface area (Å²) < 4.78 is 33.3. The second-order valence-electron chi connectivity index (χ2n) is 6.10. The average molecular weight is 382 g/mol. The third-order valence-electron chi connectivity index (χ3n) is 4.15. The highest BCUT2D eigenvalue weighted by Crippen LogP contribution is 2.27. The number of hydrogen-bond donors (Lipinski definition) is 0. The van der Waals surface area contributed by atoms with E-state index in [9.17, 15) is 8.42 Å². The maximum atomic E-state index is 13.0. The Hall–Kier alpha value is -1.70. The van der Waals surface area contributed by atoms with E-state index < -0.39 is 10.0 Å². The van der Waals surface area contributed by atoms with Gasteiger partial charge in [-0.3, -0.25) is 0 Å². The molecule has 0 N–H and O–H groups in total. The molecule has 25 heavy (non-hydrogen) atoms. The molecule has 0 bridgehead atoms. The fourth-order valence-corrected chi connectivity index (χ4v) is 4.88. The molecule has 3 rings (SSSR count). The van der Waals surface area contributed by atoms with E-state index in [0.29, 0.717) is 28.8 Å². The van der Waals surface area contributed by atoms with Crippen LogP contribution in [0.1, 0.15) is 24.2 Å². The van der Waals surface area contributed by atoms with Crippen LogP contribution in [0.4, 0.5) is 0 Å². The van der Waals surface area contributed by atoms with Gasteiger partial charge < -0.3 is 4.74 Å². The van der Waals surface area contributed by atoms with Crippen molar-refractivity contribution in [3.05, 3.63) is 46.9 Å². The largest absolute Gasteiger partial charge is 0.473 e. The smallest absolute Gasteiger partial charge is 0.243 e. The lowest BCUT2D eigenvalue weighted by molar-refractivity contribution is 0.124. The van der Waals surface area contributed by atoms with Gasteiger partial charge in [-0.15, -0.1) is 0 Å². The Kier molecular flexibility index (Phi) is 5.27. The van der Waals surface area contributed by atoms with E-state index in [-0.39, 0.29) is 17.5 Å². The lowest BCUT2D eigenvalue weighted by atomic mass is 10.1. The molecular formula is C17H20ClN3O3S. The molecule has 1 aromatic heterocycles. The van der Waals surface area contributed by atoms with Crippen LogP contribution in [0.25, 0.3) is 0 Å². The quantitative estimate of drug-likeness (QED) is 0.814. The molecule has 0 radical (unpaired) electrons. The average Bonchev–Trinajstić information content (AvgIpc) is 2.57. The SMILES string of the molecule is Cc1nccc(OC2CCCN(S(=O)(=O)c3cc(Cl)ccc3C)C2)n1. The molecule has 6 nitrogen and oxygen atoms in total. The zero-order valence-corrected chi connectivity index (χ0v) is 15.7. The molecule has 0 aliphatic carbocycles. The van der Waals surface area contributed by atoms with Gasteiger partial charge in [0, 0.05) is 23.8 Å². The molecule has 0 spiro atoms. The van der Waals surface area contributed by atoms with Crippen LogP contribution in [0.2, 0.25) is 5.02 Å². The minimum absolute atomic E-state index is 0.239. The molecule has 8 heteroatoms. The molecular weight excluding hydrogens is 362 g/mol. The fourth-order valence-electron chi connectivity index (χ4n) is 2.88. The number of benzene rings is 1. The maximum absolute atomic E-state index is 13.0. The summed E-state index contributed by atoms with van der Waals surface area (Å²) in [7, 11) is -3.61. The van der Waals surface area contributed by atoms with Gasteiger partial charge in [-0.25, -0.2) is 13.4 Å². The molecule has 1 aliphatic rings. The number of aromatic nitrogens is 2. The van der Waals surface area contributed by atoms with Gasteiger partial charge in [0.15, 0.2) is 0 Å². The number of halogens is 1. The molecule has 0 amide bonds. The van der Waals surface area contributed by atoms with Gasteiger partial charge in [-0.2, -0.15) is 9.29 Å². The zero-order valence-electron chi connectivity index (χ0n) is 14.1. The second kappa shape index (κ2) is 7.27. The summed E-state index contributed by atoms with van der Waals surface area (Å²) >= 11 is 5.99. The Balaban J connectivity index is 1.79. The van der Waals surface area contributed by atoms with Gasteiger partial charge in [-0.05, 0) is 44.4 Å². The lowest BCUT2D eigenvalue weighted by Gasteiger charge is -2.32. The van der Waals surface area contributed by atoms with Crippen LogP contribution in [0, 0.1) is 13.8 Å². The van der Waals surface area contributed by atoms with Crippen molar-refractivity contribution in [2.75, 3.05) is 13.1 Å². The molecule has 1 aliphatic heterocycles. The molecule has 0 saturated carbocycles. The predicted molar refractivity (Wildman–Crippen MR) is 95.4 cm³/mol. The molecule has 1 atom stereocenters. The highest BCUT2D eigenvalue weighted by Gasteiger charge is 2.32. The molecule has 2 heterocycles. The zero-order chi connectivity index (χ0) is 18.0. The van der Waals surface area contributed by atoms with Crippen LogP contribution in [-0.4, -0.2) is 41.9 Å². The van der Waals surface area contributed by atoms with E-state index in [1.165, 1.54) is 10.4 Å². The van der Waals surface area contributed by atoms with Gasteiger partial charge in [-0.1, -0.05) is 17.7 Å². The molecule has 1 saturated heterocycles. The first-order valence-corrected chi connectivity index (χ1v) is 9.90. The fraction of sp³-hybridized carbons (Fsp3) is 0.412. The Morgan fingerprint density at radius 2 is 2.08 bits per heavy atom. The van der Waals surface area contributed by atoms with Crippen LogP contribution in [0.5, 0.6) is 5.88 Å². The molecule has 1 unspecified atom stereocenters. The summed E-state index contributed by atoms with van der Waals surface area (Å²) in [6, 6.07) is 6.60. The van der Waals surface area contributed by atoms with Crippen LogP contribution in [-0.2, 0) is 10.0 Å². The molecule has 134 valence electrons. The Labute approximate surface area is 152 Å². The first kappa shape index (κ1) is 18.1. The van der Waals surface area contributed by atoms with Crippen LogP contribution in [0.3, 0.4) is 0 Å². The Morgan fingerprint density at radius 3 is 2.84 bits per heavy atom. The Morgan fingerprint density at radius 1 is 1.28 bits per heavy atom. The van der Waals surface area contributed by atoms with Crippen LogP contribution in [0.15, 0.2) is 35.4 Å². The standard InChI is InChI=1S/C17H20ClN3O3S/c1-12-5-6-14(18)10-16(12)25(22,23)21-9-3-4-15(11-21)24-17-7-8-19-13(2)20-17/h5-8,10,15H,3-4,9,11H2,1-2H3. The van der Waals surface area contributed by atoms with Crippen molar-refractivity contribution in [2.45, 2.75) is 37.7 Å². The summed E-state index contributed by atoms with van der Waals surface area (Å²) in [5.74, 6) is 1.09. The van der Waals surface area contributed by atoms with Gasteiger partial charge >= 0.3 is 0 Å². The second-order valence-corrected chi connectivity index (χ2v) is 8.44. The maximum Gasteiger partial charge on any atom is 0.243 e. The first-order chi connectivity index (χ1) is 11.9. The third-order valence-corrected chi connectivity index (χ3v) is 6.39. The number of nitrogens with zero attached hydrogens (tertiary/aromatic N) is 3. The van der Waals surface area contributed by atoms with Crippen molar-refractivity contribution in [3.63, 3.8) is 0 Å². The van der Waals surface area contributed by atoms with E-state index in [4.69, 9.17) is 16.3 Å². The van der Waals surface area contributed by atoms with Crippen LogP contribution >= 0.6 is 11.6 Å². The normalized spacial score (nSPS) is 18.9. The van der Waals surface area contributed by atoms with E-state index in [0.717, 1.165) is 12.8 Å². The van der Waals surface area contributed by atoms with E-state index >= 15 is 0 Å². The highest BCUT2D eigenvalue weighted by atomic mass is 35.5.